The predicted octanol–water partition coefficient (Wildman–Crippen LogP) is 1.88. The average Bonchev–Trinajstić information content (AvgIpc) is 3.34. The summed E-state index contributed by atoms with van der Waals surface area (Å²) in [6, 6.07) is -1.08. The van der Waals surface area contributed by atoms with Gasteiger partial charge in [0.15, 0.2) is 17.7 Å². The number of halogens is 1. The molecule has 276 valence electrons. The fraction of sp³-hybridized carbons (Fsp3) is 0.912. The van der Waals surface area contributed by atoms with Gasteiger partial charge in [-0.3, -0.25) is 14.5 Å². The fourth-order valence-corrected chi connectivity index (χ4v) is 8.08. The number of Topliss-reactive ketones (excluding diaryl/α,β-unsaturated/α-hetero) is 1. The van der Waals surface area contributed by atoms with E-state index in [1.165, 1.54) is 6.92 Å². The minimum Gasteiger partial charge on any atom is -0.458 e. The van der Waals surface area contributed by atoms with Gasteiger partial charge in [-0.15, -0.1) is 0 Å². The molecular formula is C34H59FN4O9. The maximum atomic E-state index is 14.2. The van der Waals surface area contributed by atoms with Crippen molar-refractivity contribution in [2.24, 2.45) is 17.8 Å². The molecule has 0 aromatic carbocycles. The molecule has 0 bridgehead atoms. The van der Waals surface area contributed by atoms with E-state index in [0.29, 0.717) is 45.4 Å². The Labute approximate surface area is 284 Å². The summed E-state index contributed by atoms with van der Waals surface area (Å²) in [6.45, 7) is 14.4. The van der Waals surface area contributed by atoms with Gasteiger partial charge in [0.1, 0.15) is 24.3 Å². The maximum Gasteiger partial charge on any atom is 0.408 e. The summed E-state index contributed by atoms with van der Waals surface area (Å²) >= 11 is 0. The maximum absolute atomic E-state index is 14.2. The van der Waals surface area contributed by atoms with E-state index in [2.05, 4.69) is 17.6 Å². The molecule has 0 aromatic rings. The average molecular weight is 687 g/mol. The number of nitrogens with one attached hydrogen (secondary N) is 2. The SMILES string of the molecule is CC[C@H]1OC(=O)C(C)C(=O)[C@H](C)[C@@H](OC2OC(CN3CC(F)C3)CC(N(C)C)C2O)[C@](C)(OC)C[C@@H](C)CN[C@H](C)[C@H]2NC(=O)O[C@@]21C. The molecule has 4 rings (SSSR count). The third kappa shape index (κ3) is 8.16. The van der Waals surface area contributed by atoms with E-state index in [1.54, 1.807) is 21.0 Å². The van der Waals surface area contributed by atoms with Crippen LogP contribution in [0.25, 0.3) is 0 Å². The number of carbonyl (C=O) groups excluding carboxylic acids is 3. The van der Waals surface area contributed by atoms with Crippen molar-refractivity contribution < 1.29 is 47.6 Å². The number of cyclic esters (lactones) is 1. The molecule has 4 heterocycles. The van der Waals surface area contributed by atoms with E-state index in [1.807, 2.05) is 44.7 Å². The molecule has 0 spiro atoms. The van der Waals surface area contributed by atoms with Crippen molar-refractivity contribution >= 4 is 17.8 Å². The van der Waals surface area contributed by atoms with Crippen LogP contribution in [0.3, 0.4) is 0 Å². The zero-order valence-electron chi connectivity index (χ0n) is 30.4. The molecular weight excluding hydrogens is 627 g/mol. The normalized spacial score (nSPS) is 44.2. The van der Waals surface area contributed by atoms with Crippen LogP contribution < -0.4 is 10.6 Å². The van der Waals surface area contributed by atoms with Crippen molar-refractivity contribution in [3.63, 3.8) is 0 Å². The third-order valence-electron chi connectivity index (χ3n) is 11.1. The highest BCUT2D eigenvalue weighted by Gasteiger charge is 2.55. The van der Waals surface area contributed by atoms with Crippen LogP contribution >= 0.6 is 0 Å². The van der Waals surface area contributed by atoms with E-state index in [4.69, 9.17) is 23.7 Å². The third-order valence-corrected chi connectivity index (χ3v) is 11.1. The van der Waals surface area contributed by atoms with Crippen molar-refractivity contribution in [2.45, 2.75) is 134 Å². The molecule has 0 aliphatic carbocycles. The molecule has 14 heteroatoms. The number of rotatable bonds is 7. The van der Waals surface area contributed by atoms with Crippen LogP contribution in [0.1, 0.15) is 67.7 Å². The van der Waals surface area contributed by atoms with Crippen molar-refractivity contribution in [3.05, 3.63) is 0 Å². The Kier molecular flexibility index (Phi) is 12.6. The molecule has 13 atom stereocenters. The summed E-state index contributed by atoms with van der Waals surface area (Å²) in [5, 5.41) is 17.9. The number of likely N-dealkylation sites (tertiary alicyclic amines) is 1. The zero-order valence-corrected chi connectivity index (χ0v) is 30.4. The van der Waals surface area contributed by atoms with Crippen molar-refractivity contribution in [1.29, 1.82) is 0 Å². The van der Waals surface area contributed by atoms with Gasteiger partial charge in [-0.2, -0.15) is 0 Å². The lowest BCUT2D eigenvalue weighted by molar-refractivity contribution is -0.299. The summed E-state index contributed by atoms with van der Waals surface area (Å²) in [5.74, 6) is -3.21. The van der Waals surface area contributed by atoms with Crippen LogP contribution in [0.15, 0.2) is 0 Å². The highest BCUT2D eigenvalue weighted by atomic mass is 19.1. The number of aliphatic hydroxyl groups excluding tert-OH is 1. The molecule has 4 aliphatic rings. The number of ketones is 1. The number of nitrogens with zero attached hydrogens (tertiary/aromatic N) is 2. The Bertz CT molecular complexity index is 1140. The lowest BCUT2D eigenvalue weighted by Crippen LogP contribution is -2.61. The molecule has 3 N–H and O–H groups in total. The van der Waals surface area contributed by atoms with Gasteiger partial charge in [0.25, 0.3) is 0 Å². The van der Waals surface area contributed by atoms with E-state index in [-0.39, 0.29) is 24.1 Å². The van der Waals surface area contributed by atoms with Gasteiger partial charge in [-0.25, -0.2) is 9.18 Å². The molecule has 0 radical (unpaired) electrons. The predicted molar refractivity (Wildman–Crippen MR) is 175 cm³/mol. The Morgan fingerprint density at radius 2 is 1.79 bits per heavy atom. The minimum atomic E-state index is -1.17. The molecule has 4 saturated heterocycles. The molecule has 0 aromatic heterocycles. The first-order chi connectivity index (χ1) is 22.4. The fourth-order valence-electron chi connectivity index (χ4n) is 8.08. The Morgan fingerprint density at radius 3 is 2.38 bits per heavy atom. The number of carbonyl (C=O) groups is 3. The molecule has 1 amide bonds. The molecule has 5 unspecified atom stereocenters. The first kappa shape index (κ1) is 38.9. The van der Waals surface area contributed by atoms with E-state index in [0.717, 1.165) is 0 Å². The number of likely N-dealkylation sites (N-methyl/N-ethyl adjacent to an activating group) is 1. The van der Waals surface area contributed by atoms with Crippen LogP contribution in [0.4, 0.5) is 9.18 Å². The standard InChI is InChI=1S/C34H59FN4O9/c1-11-25-34(7)28(37-32(43)48-34)21(5)36-14-18(2)13-33(6,44-10)29(19(3)26(40)20(4)30(42)46-25)47-31-27(41)24(38(8)9)12-23(45-31)17-39-15-22(35)16-39/h18-25,27-29,31,36,41H,11-17H2,1-10H3,(H,37,43)/t18-,19+,20?,21-,23?,24?,25-,27?,28-,29-,31?,33-,34-/m1/s1. The summed E-state index contributed by atoms with van der Waals surface area (Å²) in [6.07, 6.45) is -4.37. The van der Waals surface area contributed by atoms with Gasteiger partial charge in [-0.1, -0.05) is 20.8 Å². The van der Waals surface area contributed by atoms with Gasteiger partial charge in [0.2, 0.25) is 0 Å². The molecule has 13 nitrogen and oxygen atoms in total. The van der Waals surface area contributed by atoms with Gasteiger partial charge in [0.05, 0.1) is 23.9 Å². The number of alkyl halides is 1. The van der Waals surface area contributed by atoms with E-state index in [9.17, 15) is 23.9 Å². The number of methoxy groups -OCH3 is 1. The number of fused-ring (bicyclic) bond motifs is 1. The summed E-state index contributed by atoms with van der Waals surface area (Å²) in [7, 11) is 5.31. The number of aliphatic hydroxyl groups is 1. The number of amides is 1. The van der Waals surface area contributed by atoms with Crippen LogP contribution in [0.5, 0.6) is 0 Å². The van der Waals surface area contributed by atoms with Crippen molar-refractivity contribution in [3.8, 4) is 0 Å². The molecule has 48 heavy (non-hydrogen) atoms. The highest BCUT2D eigenvalue weighted by Crippen LogP contribution is 2.38. The minimum absolute atomic E-state index is 0.00276. The number of hydrogen-bond donors (Lipinski definition) is 3. The van der Waals surface area contributed by atoms with Crippen LogP contribution in [-0.4, -0.2) is 146 Å². The van der Waals surface area contributed by atoms with E-state index >= 15 is 0 Å². The van der Waals surface area contributed by atoms with Crippen molar-refractivity contribution in [2.75, 3.05) is 47.4 Å². The van der Waals surface area contributed by atoms with E-state index < -0.39 is 77.7 Å². The summed E-state index contributed by atoms with van der Waals surface area (Å²) < 4.78 is 44.6. The van der Waals surface area contributed by atoms with Crippen LogP contribution in [-0.2, 0) is 33.3 Å². The quantitative estimate of drug-likeness (QED) is 0.265. The van der Waals surface area contributed by atoms with Crippen molar-refractivity contribution in [1.82, 2.24) is 20.4 Å². The molecule has 0 saturated carbocycles. The number of ether oxygens (including phenoxy) is 5. The number of alkyl carbamates (subject to hydrolysis) is 1. The second kappa shape index (κ2) is 15.5. The first-order valence-electron chi connectivity index (χ1n) is 17.5. The zero-order chi connectivity index (χ0) is 35.7. The smallest absolute Gasteiger partial charge is 0.408 e. The van der Waals surface area contributed by atoms with Gasteiger partial charge in [-0.05, 0) is 73.5 Å². The lowest BCUT2D eigenvalue weighted by atomic mass is 9.78. The lowest BCUT2D eigenvalue weighted by Gasteiger charge is -2.48. The summed E-state index contributed by atoms with van der Waals surface area (Å²) in [5.41, 5.74) is -2.23. The molecule has 4 fully saturated rings. The monoisotopic (exact) mass is 686 g/mol. The first-order valence-corrected chi connectivity index (χ1v) is 17.5. The highest BCUT2D eigenvalue weighted by molar-refractivity contribution is 6.00. The van der Waals surface area contributed by atoms with Gasteiger partial charge in [0, 0.05) is 44.7 Å². The molecule has 4 aliphatic heterocycles. The van der Waals surface area contributed by atoms with Gasteiger partial charge >= 0.3 is 12.1 Å². The Hall–Kier alpha value is -1.94. The number of hydrogen-bond acceptors (Lipinski definition) is 12. The Morgan fingerprint density at radius 1 is 1.12 bits per heavy atom. The second-order valence-electron chi connectivity index (χ2n) is 15.2. The number of esters is 1. The largest absolute Gasteiger partial charge is 0.458 e. The van der Waals surface area contributed by atoms with Gasteiger partial charge < -0.3 is 44.3 Å². The van der Waals surface area contributed by atoms with Crippen LogP contribution in [0.2, 0.25) is 0 Å². The van der Waals surface area contributed by atoms with Crippen LogP contribution in [0, 0.1) is 17.8 Å². The Balaban J connectivity index is 1.67. The second-order valence-corrected chi connectivity index (χ2v) is 15.2. The topological polar surface area (TPSA) is 148 Å². The summed E-state index contributed by atoms with van der Waals surface area (Å²) in [4.78, 5) is 44.2.